The van der Waals surface area contributed by atoms with E-state index in [0.717, 1.165) is 22.3 Å². The lowest BCUT2D eigenvalue weighted by molar-refractivity contribution is 0.687. The minimum absolute atomic E-state index is 0.125. The molecule has 3 nitrogen and oxygen atoms in total. The van der Waals surface area contributed by atoms with E-state index in [1.807, 2.05) is 42.5 Å². The molecular weight excluding hydrogens is 234 g/mol. The largest absolute Gasteiger partial charge is 0.322 e. The fraction of sp³-hybridized carbons (Fsp3) is 0.125. The summed E-state index contributed by atoms with van der Waals surface area (Å²) in [5.41, 5.74) is 9.10. The van der Waals surface area contributed by atoms with Crippen molar-refractivity contribution in [1.82, 2.24) is 9.97 Å². The lowest BCUT2D eigenvalue weighted by atomic mass is 10.1. The molecule has 0 aliphatic carbocycles. The van der Waals surface area contributed by atoms with E-state index in [-0.39, 0.29) is 6.04 Å². The zero-order valence-electron chi connectivity index (χ0n) is 10.5. The maximum atomic E-state index is 6.22. The molecule has 94 valence electrons. The van der Waals surface area contributed by atoms with Crippen LogP contribution in [0, 0.1) is 0 Å². The zero-order chi connectivity index (χ0) is 13.1. The molecule has 1 unspecified atom stereocenters. The molecule has 2 aromatic heterocycles. The van der Waals surface area contributed by atoms with E-state index in [1.165, 1.54) is 0 Å². The van der Waals surface area contributed by atoms with Crippen LogP contribution >= 0.6 is 0 Å². The monoisotopic (exact) mass is 249 g/mol. The van der Waals surface area contributed by atoms with Crippen molar-refractivity contribution in [2.75, 3.05) is 0 Å². The summed E-state index contributed by atoms with van der Waals surface area (Å²) >= 11 is 0. The van der Waals surface area contributed by atoms with Crippen molar-refractivity contribution in [3.05, 3.63) is 72.2 Å². The number of hydrogen-bond donors (Lipinski definition) is 1. The maximum absolute atomic E-state index is 6.22. The minimum Gasteiger partial charge on any atom is -0.322 e. The predicted octanol–water partition coefficient (Wildman–Crippen LogP) is 2.87. The van der Waals surface area contributed by atoms with E-state index >= 15 is 0 Å². The molecule has 19 heavy (non-hydrogen) atoms. The molecule has 0 saturated carbocycles. The Morgan fingerprint density at radius 3 is 2.63 bits per heavy atom. The molecule has 1 atom stereocenters. The maximum Gasteiger partial charge on any atom is 0.0706 e. The average Bonchev–Trinajstić information content (AvgIpc) is 2.48. The molecule has 0 aliphatic heterocycles. The Balaban J connectivity index is 1.87. The Hall–Kier alpha value is -2.26. The van der Waals surface area contributed by atoms with Crippen molar-refractivity contribution < 1.29 is 0 Å². The lowest BCUT2D eigenvalue weighted by Gasteiger charge is -2.11. The normalized spacial score (nSPS) is 12.5. The minimum atomic E-state index is -0.125. The van der Waals surface area contributed by atoms with Crippen molar-refractivity contribution in [1.29, 1.82) is 0 Å². The fourth-order valence-electron chi connectivity index (χ4n) is 2.14. The quantitative estimate of drug-likeness (QED) is 0.776. The van der Waals surface area contributed by atoms with E-state index in [4.69, 9.17) is 5.73 Å². The van der Waals surface area contributed by atoms with Gasteiger partial charge in [0.1, 0.15) is 0 Å². The van der Waals surface area contributed by atoms with Gasteiger partial charge in [0.25, 0.3) is 0 Å². The molecule has 0 saturated heterocycles. The second kappa shape index (κ2) is 5.16. The fourth-order valence-corrected chi connectivity index (χ4v) is 2.14. The number of pyridine rings is 2. The van der Waals surface area contributed by atoms with Gasteiger partial charge in [0.2, 0.25) is 0 Å². The summed E-state index contributed by atoms with van der Waals surface area (Å²) in [5.74, 6) is 0. The van der Waals surface area contributed by atoms with Crippen LogP contribution in [0.25, 0.3) is 10.9 Å². The number of nitrogens with two attached hydrogens (primary N) is 1. The topological polar surface area (TPSA) is 51.8 Å². The summed E-state index contributed by atoms with van der Waals surface area (Å²) in [7, 11) is 0. The van der Waals surface area contributed by atoms with Crippen LogP contribution in [0.2, 0.25) is 0 Å². The Morgan fingerprint density at radius 2 is 1.79 bits per heavy atom. The number of rotatable bonds is 3. The summed E-state index contributed by atoms with van der Waals surface area (Å²) in [4.78, 5) is 8.92. The van der Waals surface area contributed by atoms with Crippen molar-refractivity contribution in [3.63, 3.8) is 0 Å². The van der Waals surface area contributed by atoms with Crippen LogP contribution in [0.1, 0.15) is 17.4 Å². The molecule has 3 aromatic rings. The van der Waals surface area contributed by atoms with Gasteiger partial charge in [-0.3, -0.25) is 9.97 Å². The van der Waals surface area contributed by atoms with Gasteiger partial charge < -0.3 is 5.73 Å². The van der Waals surface area contributed by atoms with Crippen LogP contribution in [0.15, 0.2) is 60.8 Å². The Kier molecular flexibility index (Phi) is 3.21. The molecule has 0 radical (unpaired) electrons. The molecular formula is C16H15N3. The van der Waals surface area contributed by atoms with Gasteiger partial charge in [-0.2, -0.15) is 0 Å². The van der Waals surface area contributed by atoms with Gasteiger partial charge in [0, 0.05) is 23.7 Å². The molecule has 0 amide bonds. The summed E-state index contributed by atoms with van der Waals surface area (Å²) in [5, 5.41) is 1.14. The van der Waals surface area contributed by atoms with Crippen molar-refractivity contribution in [2.45, 2.75) is 12.5 Å². The summed E-state index contributed by atoms with van der Waals surface area (Å²) in [6.07, 6.45) is 2.49. The SMILES string of the molecule is NC(Cc1ccccn1)c1ccc2ccccc2n1. The highest BCUT2D eigenvalue weighted by molar-refractivity contribution is 5.78. The molecule has 0 fully saturated rings. The number of aromatic nitrogens is 2. The molecule has 0 aliphatic rings. The molecule has 3 rings (SSSR count). The number of hydrogen-bond acceptors (Lipinski definition) is 3. The van der Waals surface area contributed by atoms with Crippen LogP contribution < -0.4 is 5.73 Å². The van der Waals surface area contributed by atoms with Crippen LogP contribution in [0.5, 0.6) is 0 Å². The average molecular weight is 249 g/mol. The summed E-state index contributed by atoms with van der Waals surface area (Å²) in [6, 6.07) is 17.9. The van der Waals surface area contributed by atoms with Gasteiger partial charge in [-0.1, -0.05) is 30.3 Å². The first kappa shape index (κ1) is 11.8. The molecule has 2 N–H and O–H groups in total. The first-order valence-electron chi connectivity index (χ1n) is 6.34. The van der Waals surface area contributed by atoms with Gasteiger partial charge in [0.05, 0.1) is 17.3 Å². The van der Waals surface area contributed by atoms with E-state index in [0.29, 0.717) is 6.42 Å². The van der Waals surface area contributed by atoms with Gasteiger partial charge in [-0.05, 0) is 24.3 Å². The number of nitrogens with zero attached hydrogens (tertiary/aromatic N) is 2. The first-order chi connectivity index (χ1) is 9.33. The number of fused-ring (bicyclic) bond motifs is 1. The standard InChI is InChI=1S/C16H15N3/c17-14(11-13-6-3-4-10-18-13)16-9-8-12-5-1-2-7-15(12)19-16/h1-10,14H,11,17H2. The third-order valence-electron chi connectivity index (χ3n) is 3.16. The Morgan fingerprint density at radius 1 is 0.947 bits per heavy atom. The number of para-hydroxylation sites is 1. The highest BCUT2D eigenvalue weighted by Crippen LogP contribution is 2.17. The first-order valence-corrected chi connectivity index (χ1v) is 6.34. The van der Waals surface area contributed by atoms with Gasteiger partial charge in [-0.15, -0.1) is 0 Å². The van der Waals surface area contributed by atoms with Crippen molar-refractivity contribution in [3.8, 4) is 0 Å². The summed E-state index contributed by atoms with van der Waals surface area (Å²) in [6.45, 7) is 0. The van der Waals surface area contributed by atoms with E-state index < -0.39 is 0 Å². The van der Waals surface area contributed by atoms with Crippen LogP contribution in [-0.4, -0.2) is 9.97 Å². The molecule has 3 heteroatoms. The van der Waals surface area contributed by atoms with E-state index in [2.05, 4.69) is 22.1 Å². The smallest absolute Gasteiger partial charge is 0.0706 e. The summed E-state index contributed by atoms with van der Waals surface area (Å²) < 4.78 is 0. The third kappa shape index (κ3) is 2.61. The number of benzene rings is 1. The zero-order valence-corrected chi connectivity index (χ0v) is 10.5. The van der Waals surface area contributed by atoms with Crippen LogP contribution in [0.4, 0.5) is 0 Å². The van der Waals surface area contributed by atoms with Crippen LogP contribution in [0.3, 0.4) is 0 Å². The second-order valence-electron chi connectivity index (χ2n) is 4.56. The van der Waals surface area contributed by atoms with Crippen LogP contribution in [-0.2, 0) is 6.42 Å². The van der Waals surface area contributed by atoms with Crippen molar-refractivity contribution >= 4 is 10.9 Å². The molecule has 2 heterocycles. The van der Waals surface area contributed by atoms with Gasteiger partial charge in [0.15, 0.2) is 0 Å². The third-order valence-corrected chi connectivity index (χ3v) is 3.16. The van der Waals surface area contributed by atoms with Crippen molar-refractivity contribution in [2.24, 2.45) is 5.73 Å². The Bertz CT molecular complexity index is 680. The molecule has 1 aromatic carbocycles. The molecule has 0 spiro atoms. The lowest BCUT2D eigenvalue weighted by Crippen LogP contribution is -2.15. The highest BCUT2D eigenvalue weighted by atomic mass is 14.8. The van der Waals surface area contributed by atoms with Gasteiger partial charge >= 0.3 is 0 Å². The highest BCUT2D eigenvalue weighted by Gasteiger charge is 2.09. The van der Waals surface area contributed by atoms with E-state index in [9.17, 15) is 0 Å². The predicted molar refractivity (Wildman–Crippen MR) is 76.6 cm³/mol. The Labute approximate surface area is 112 Å². The van der Waals surface area contributed by atoms with Gasteiger partial charge in [-0.25, -0.2) is 0 Å². The van der Waals surface area contributed by atoms with E-state index in [1.54, 1.807) is 6.20 Å². The second-order valence-corrected chi connectivity index (χ2v) is 4.56. The molecule has 0 bridgehead atoms.